The Morgan fingerprint density at radius 3 is 2.74 bits per heavy atom. The number of aromatic nitrogens is 2. The highest BCUT2D eigenvalue weighted by molar-refractivity contribution is 5.85. The van der Waals surface area contributed by atoms with E-state index in [0.717, 1.165) is 50.5 Å². The number of nitrogens with zero attached hydrogens (tertiary/aromatic N) is 3. The largest absolute Gasteiger partial charge is 0.379 e. The van der Waals surface area contributed by atoms with Crippen LogP contribution in [-0.2, 0) is 9.53 Å². The molecule has 3 unspecified atom stereocenters. The lowest BCUT2D eigenvalue weighted by Gasteiger charge is -2.44. The number of piperidine rings is 1. The van der Waals surface area contributed by atoms with Crippen LogP contribution < -0.4 is 21.3 Å². The number of carbonyl (C=O) groups excluding carboxylic acids is 1. The Labute approximate surface area is 182 Å². The minimum Gasteiger partial charge on any atom is -0.379 e. The van der Waals surface area contributed by atoms with Gasteiger partial charge < -0.3 is 19.9 Å². The van der Waals surface area contributed by atoms with Gasteiger partial charge in [-0.1, -0.05) is 6.07 Å². The second-order valence-electron chi connectivity index (χ2n) is 8.40. The third-order valence-corrected chi connectivity index (χ3v) is 6.30. The fourth-order valence-corrected chi connectivity index (χ4v) is 4.66. The molecule has 3 fully saturated rings. The molecule has 0 bridgehead atoms. The maximum Gasteiger partial charge on any atom is 0.234 e. The van der Waals surface area contributed by atoms with Crippen molar-refractivity contribution in [1.29, 1.82) is 0 Å². The van der Waals surface area contributed by atoms with Crippen molar-refractivity contribution in [3.05, 3.63) is 48.4 Å². The molecule has 2 aromatic heterocycles. The topological polar surface area (TPSA) is 95.5 Å². The van der Waals surface area contributed by atoms with E-state index in [2.05, 4.69) is 26.2 Å². The summed E-state index contributed by atoms with van der Waals surface area (Å²) in [5, 5.41) is 14.0. The van der Waals surface area contributed by atoms with Crippen molar-refractivity contribution in [3.8, 4) is 5.82 Å². The number of morpholine rings is 1. The van der Waals surface area contributed by atoms with E-state index in [1.165, 1.54) is 0 Å². The summed E-state index contributed by atoms with van der Waals surface area (Å²) < 4.78 is 7.45. The van der Waals surface area contributed by atoms with Crippen LogP contribution in [0.1, 0.15) is 24.5 Å². The molecule has 1 amide bonds. The molecule has 0 saturated carbocycles. The Morgan fingerprint density at radius 1 is 1.13 bits per heavy atom. The summed E-state index contributed by atoms with van der Waals surface area (Å²) in [4.78, 5) is 20.5. The third kappa shape index (κ3) is 4.65. The van der Waals surface area contributed by atoms with E-state index in [-0.39, 0.29) is 18.4 Å². The molecular weight excluding hydrogens is 394 g/mol. The van der Waals surface area contributed by atoms with Gasteiger partial charge in [-0.25, -0.2) is 4.98 Å². The molecule has 5 rings (SSSR count). The molecule has 5 heterocycles. The third-order valence-electron chi connectivity index (χ3n) is 6.30. The molecule has 31 heavy (non-hydrogen) atoms. The van der Waals surface area contributed by atoms with E-state index in [1.807, 2.05) is 47.3 Å². The van der Waals surface area contributed by atoms with Crippen LogP contribution in [0.4, 0.5) is 0 Å². The van der Waals surface area contributed by atoms with Crippen molar-refractivity contribution in [2.45, 2.75) is 37.3 Å². The first-order valence-electron chi connectivity index (χ1n) is 11.2. The van der Waals surface area contributed by atoms with Gasteiger partial charge in [0.1, 0.15) is 18.0 Å². The molecule has 0 aliphatic carbocycles. The maximum atomic E-state index is 13.4. The molecule has 0 spiro atoms. The molecule has 3 aliphatic heterocycles. The van der Waals surface area contributed by atoms with E-state index >= 15 is 0 Å². The Morgan fingerprint density at radius 2 is 1.97 bits per heavy atom. The van der Waals surface area contributed by atoms with Crippen LogP contribution in [0.15, 0.2) is 42.7 Å². The lowest BCUT2D eigenvalue weighted by atomic mass is 9.95. The van der Waals surface area contributed by atoms with Crippen LogP contribution in [0.2, 0.25) is 0 Å². The first-order valence-corrected chi connectivity index (χ1v) is 11.2. The van der Waals surface area contributed by atoms with Crippen LogP contribution >= 0.6 is 0 Å². The number of carbonyl (C=O) groups is 1. The lowest BCUT2D eigenvalue weighted by molar-refractivity contribution is -0.131. The second kappa shape index (κ2) is 9.46. The minimum absolute atomic E-state index is 0.00586. The van der Waals surface area contributed by atoms with Gasteiger partial charge in [0.05, 0.1) is 25.1 Å². The normalized spacial score (nSPS) is 30.1. The highest BCUT2D eigenvalue weighted by Gasteiger charge is 2.41. The summed E-state index contributed by atoms with van der Waals surface area (Å²) in [6.45, 7) is 4.91. The van der Waals surface area contributed by atoms with Crippen LogP contribution in [0.5, 0.6) is 0 Å². The number of nitrogens with one attached hydrogen (secondary N) is 4. The zero-order chi connectivity index (χ0) is 21.0. The van der Waals surface area contributed by atoms with Crippen molar-refractivity contribution < 1.29 is 9.53 Å². The smallest absolute Gasteiger partial charge is 0.234 e. The minimum atomic E-state index is -0.422. The van der Waals surface area contributed by atoms with Crippen molar-refractivity contribution in [2.24, 2.45) is 0 Å². The fraction of sp³-hybridized carbons (Fsp3) is 0.545. The number of hydrogen-bond donors (Lipinski definition) is 4. The molecule has 0 aromatic carbocycles. The van der Waals surface area contributed by atoms with Crippen molar-refractivity contribution in [3.63, 3.8) is 0 Å². The SMILES string of the molecule is O=C1NC(N2CCOCC2)NC(N[C@@H]2CCCNC2)C1c1cccc(-n2cccc2)n1. The summed E-state index contributed by atoms with van der Waals surface area (Å²) >= 11 is 0. The van der Waals surface area contributed by atoms with E-state index in [4.69, 9.17) is 9.72 Å². The van der Waals surface area contributed by atoms with Gasteiger partial charge in [0.25, 0.3) is 0 Å². The van der Waals surface area contributed by atoms with Crippen molar-refractivity contribution in [1.82, 2.24) is 35.7 Å². The molecule has 3 aliphatic rings. The molecule has 9 heteroatoms. The lowest BCUT2D eigenvalue weighted by Crippen LogP contribution is -2.71. The van der Waals surface area contributed by atoms with Gasteiger partial charge in [0.15, 0.2) is 0 Å². The first kappa shape index (κ1) is 20.6. The predicted molar refractivity (Wildman–Crippen MR) is 117 cm³/mol. The Balaban J connectivity index is 1.41. The first-order chi connectivity index (χ1) is 15.3. The van der Waals surface area contributed by atoms with E-state index < -0.39 is 5.92 Å². The maximum absolute atomic E-state index is 13.4. The summed E-state index contributed by atoms with van der Waals surface area (Å²) in [5.41, 5.74) is 0.762. The molecule has 4 N–H and O–H groups in total. The number of hydrogen-bond acceptors (Lipinski definition) is 7. The Kier molecular flexibility index (Phi) is 6.28. The Hall–Kier alpha value is -2.30. The summed E-state index contributed by atoms with van der Waals surface area (Å²) in [6.07, 6.45) is 5.73. The van der Waals surface area contributed by atoms with Crippen molar-refractivity contribution >= 4 is 5.91 Å². The average molecular weight is 426 g/mol. The van der Waals surface area contributed by atoms with Gasteiger partial charge in [-0.3, -0.25) is 20.3 Å². The van der Waals surface area contributed by atoms with Gasteiger partial charge >= 0.3 is 0 Å². The fourth-order valence-electron chi connectivity index (χ4n) is 4.66. The summed E-state index contributed by atoms with van der Waals surface area (Å²) in [5.74, 6) is 0.382. The highest BCUT2D eigenvalue weighted by Crippen LogP contribution is 2.24. The number of amides is 1. The van der Waals surface area contributed by atoms with Gasteiger partial charge in [0.2, 0.25) is 5.91 Å². The molecule has 9 nitrogen and oxygen atoms in total. The van der Waals surface area contributed by atoms with Gasteiger partial charge in [-0.2, -0.15) is 0 Å². The second-order valence-corrected chi connectivity index (χ2v) is 8.40. The molecule has 4 atom stereocenters. The van der Waals surface area contributed by atoms with E-state index in [9.17, 15) is 4.79 Å². The Bertz CT molecular complexity index is 863. The molecular formula is C22H31N7O2. The standard InChI is InChI=1S/C22H31N7O2/c30-21-19(17-6-3-7-18(25-17)28-9-1-2-10-28)20(24-16-5-4-8-23-15-16)26-22(27-21)29-11-13-31-14-12-29/h1-3,6-7,9-10,16,19-20,22-24,26H,4-5,8,11-15H2,(H,27,30)/t16-,19?,20?,22?/m1/s1. The van der Waals surface area contributed by atoms with Crippen LogP contribution in [0, 0.1) is 0 Å². The van der Waals surface area contributed by atoms with Crippen molar-refractivity contribution in [2.75, 3.05) is 39.4 Å². The zero-order valence-corrected chi connectivity index (χ0v) is 17.7. The number of rotatable bonds is 5. The van der Waals surface area contributed by atoms with Crippen LogP contribution in [-0.4, -0.2) is 78.2 Å². The number of pyridine rings is 1. The van der Waals surface area contributed by atoms with Crippen LogP contribution in [0.25, 0.3) is 5.82 Å². The van der Waals surface area contributed by atoms with E-state index in [1.54, 1.807) is 0 Å². The molecule has 2 aromatic rings. The van der Waals surface area contributed by atoms with Gasteiger partial charge in [0, 0.05) is 38.1 Å². The zero-order valence-electron chi connectivity index (χ0n) is 17.7. The van der Waals surface area contributed by atoms with Gasteiger partial charge in [-0.05, 0) is 43.7 Å². The predicted octanol–water partition coefficient (Wildman–Crippen LogP) is -0.0412. The number of ether oxygens (including phenoxy) is 1. The van der Waals surface area contributed by atoms with E-state index in [0.29, 0.717) is 19.3 Å². The molecule has 3 saturated heterocycles. The monoisotopic (exact) mass is 425 g/mol. The van der Waals surface area contributed by atoms with Gasteiger partial charge in [-0.15, -0.1) is 0 Å². The highest BCUT2D eigenvalue weighted by atomic mass is 16.5. The molecule has 0 radical (unpaired) electrons. The summed E-state index contributed by atoms with van der Waals surface area (Å²) in [7, 11) is 0. The average Bonchev–Trinajstić information content (AvgIpc) is 3.35. The molecule has 166 valence electrons. The summed E-state index contributed by atoms with van der Waals surface area (Å²) in [6, 6.07) is 10.1. The van der Waals surface area contributed by atoms with Crippen LogP contribution in [0.3, 0.4) is 0 Å². The quantitative estimate of drug-likeness (QED) is 0.534.